The summed E-state index contributed by atoms with van der Waals surface area (Å²) in [6.45, 7) is 0. The number of carbonyl (C=O) groups excluding carboxylic acids is 2. The fourth-order valence-electron chi connectivity index (χ4n) is 0.790. The minimum absolute atomic E-state index is 0.154. The predicted octanol–water partition coefficient (Wildman–Crippen LogP) is 1.86. The Labute approximate surface area is 104 Å². The third-order valence-corrected chi connectivity index (χ3v) is 2.04. The second-order valence-electron chi connectivity index (χ2n) is 2.49. The Balaban J connectivity index is 2.93. The van der Waals surface area contributed by atoms with Gasteiger partial charge in [-0.2, -0.15) is 0 Å². The highest BCUT2D eigenvalue weighted by molar-refractivity contribution is 9.08. The van der Waals surface area contributed by atoms with E-state index in [1.54, 1.807) is 0 Å². The SMILES string of the molecule is COC(=O)Oc1onc(CBr)c1OC(=O)OC. The molecular weight excluding hydrogens is 302 g/mol. The number of carbonyl (C=O) groups is 2. The third kappa shape index (κ3) is 3.34. The van der Waals surface area contributed by atoms with Gasteiger partial charge >= 0.3 is 18.3 Å². The molecule has 1 rings (SSSR count). The number of ether oxygens (including phenoxy) is 4. The maximum absolute atomic E-state index is 11.0. The van der Waals surface area contributed by atoms with Crippen LogP contribution in [0.4, 0.5) is 9.59 Å². The molecule has 17 heavy (non-hydrogen) atoms. The first-order valence-corrected chi connectivity index (χ1v) is 5.30. The molecule has 94 valence electrons. The summed E-state index contributed by atoms with van der Waals surface area (Å²) in [5.74, 6) is -0.546. The summed E-state index contributed by atoms with van der Waals surface area (Å²) in [7, 11) is 2.25. The molecule has 0 aliphatic carbocycles. The first kappa shape index (κ1) is 13.3. The average Bonchev–Trinajstić information content (AvgIpc) is 2.71. The second kappa shape index (κ2) is 6.09. The van der Waals surface area contributed by atoms with Crippen molar-refractivity contribution in [2.75, 3.05) is 14.2 Å². The number of methoxy groups -OCH3 is 2. The van der Waals surface area contributed by atoms with Gasteiger partial charge in [0.1, 0.15) is 5.69 Å². The number of rotatable bonds is 3. The molecule has 0 aliphatic heterocycles. The van der Waals surface area contributed by atoms with Crippen LogP contribution in [0.25, 0.3) is 0 Å². The highest BCUT2D eigenvalue weighted by atomic mass is 79.9. The molecule has 1 aromatic heterocycles. The van der Waals surface area contributed by atoms with Crippen LogP contribution in [0.15, 0.2) is 4.52 Å². The standard InChI is InChI=1S/C8H8BrNO7/c1-13-7(11)15-5-4(3-9)10-17-6(5)16-8(12)14-2/h3H2,1-2H3. The molecule has 0 aliphatic rings. The quantitative estimate of drug-likeness (QED) is 0.616. The predicted molar refractivity (Wildman–Crippen MR) is 55.2 cm³/mol. The lowest BCUT2D eigenvalue weighted by atomic mass is 10.4. The first-order valence-electron chi connectivity index (χ1n) is 4.18. The number of aromatic nitrogens is 1. The van der Waals surface area contributed by atoms with E-state index >= 15 is 0 Å². The molecule has 0 atom stereocenters. The molecule has 0 bridgehead atoms. The van der Waals surface area contributed by atoms with Crippen LogP contribution in [0.5, 0.6) is 11.7 Å². The number of halogens is 1. The average molecular weight is 310 g/mol. The van der Waals surface area contributed by atoms with Gasteiger partial charge in [0.05, 0.1) is 19.5 Å². The van der Waals surface area contributed by atoms with Crippen LogP contribution in [0, 0.1) is 0 Å². The summed E-state index contributed by atoms with van der Waals surface area (Å²) in [4.78, 5) is 21.8. The smallest absolute Gasteiger partial charge is 0.437 e. The zero-order valence-corrected chi connectivity index (χ0v) is 10.5. The summed E-state index contributed by atoms with van der Waals surface area (Å²) in [6, 6.07) is 0. The Morgan fingerprint density at radius 1 is 1.24 bits per heavy atom. The Morgan fingerprint density at radius 3 is 2.35 bits per heavy atom. The summed E-state index contributed by atoms with van der Waals surface area (Å²) in [6.07, 6.45) is -2.03. The van der Waals surface area contributed by atoms with Gasteiger partial charge in [-0.25, -0.2) is 9.59 Å². The van der Waals surface area contributed by atoms with Gasteiger partial charge in [-0.3, -0.25) is 0 Å². The van der Waals surface area contributed by atoms with Crippen molar-refractivity contribution in [1.82, 2.24) is 5.16 Å². The molecule has 0 amide bonds. The summed E-state index contributed by atoms with van der Waals surface area (Å²) >= 11 is 3.09. The van der Waals surface area contributed by atoms with E-state index in [4.69, 9.17) is 4.74 Å². The Kier molecular flexibility index (Phi) is 4.76. The number of hydrogen-bond donors (Lipinski definition) is 0. The Morgan fingerprint density at radius 2 is 1.82 bits per heavy atom. The van der Waals surface area contributed by atoms with Crippen LogP contribution in [0.2, 0.25) is 0 Å². The summed E-state index contributed by atoms with van der Waals surface area (Å²) in [5.41, 5.74) is 0.231. The van der Waals surface area contributed by atoms with Crippen molar-refractivity contribution < 1.29 is 33.1 Å². The number of nitrogens with zero attached hydrogens (tertiary/aromatic N) is 1. The molecule has 0 fully saturated rings. The van der Waals surface area contributed by atoms with Crippen LogP contribution in [0.1, 0.15) is 5.69 Å². The van der Waals surface area contributed by atoms with Crippen LogP contribution >= 0.6 is 15.9 Å². The van der Waals surface area contributed by atoms with E-state index in [1.807, 2.05) is 0 Å². The zero-order valence-electron chi connectivity index (χ0n) is 8.89. The molecule has 1 heterocycles. The molecular formula is C8H8BrNO7. The molecule has 0 saturated heterocycles. The molecule has 8 nitrogen and oxygen atoms in total. The lowest BCUT2D eigenvalue weighted by Gasteiger charge is -2.02. The third-order valence-electron chi connectivity index (χ3n) is 1.51. The van der Waals surface area contributed by atoms with Crippen LogP contribution in [0.3, 0.4) is 0 Å². The van der Waals surface area contributed by atoms with Gasteiger partial charge in [0, 0.05) is 0 Å². The highest BCUT2D eigenvalue weighted by Crippen LogP contribution is 2.33. The molecule has 1 aromatic rings. The lowest BCUT2D eigenvalue weighted by Crippen LogP contribution is -2.11. The Hall–Kier alpha value is -1.77. The van der Waals surface area contributed by atoms with Crippen LogP contribution in [-0.2, 0) is 14.8 Å². The van der Waals surface area contributed by atoms with E-state index in [1.165, 1.54) is 0 Å². The van der Waals surface area contributed by atoms with E-state index < -0.39 is 18.3 Å². The van der Waals surface area contributed by atoms with Gasteiger partial charge in [0.2, 0.25) is 5.75 Å². The fraction of sp³-hybridized carbons (Fsp3) is 0.375. The second-order valence-corrected chi connectivity index (χ2v) is 3.05. The van der Waals surface area contributed by atoms with Crippen LogP contribution < -0.4 is 9.47 Å². The molecule has 9 heteroatoms. The molecule has 0 radical (unpaired) electrons. The normalized spacial score (nSPS) is 9.59. The fourth-order valence-corrected chi connectivity index (χ4v) is 1.15. The zero-order chi connectivity index (χ0) is 12.8. The van der Waals surface area contributed by atoms with E-state index in [-0.39, 0.29) is 16.8 Å². The Bertz CT molecular complexity index is 416. The monoisotopic (exact) mass is 309 g/mol. The van der Waals surface area contributed by atoms with Gasteiger partial charge < -0.3 is 23.5 Å². The maximum Gasteiger partial charge on any atom is 0.516 e. The molecule has 0 aromatic carbocycles. The van der Waals surface area contributed by atoms with Gasteiger partial charge in [-0.15, -0.1) is 0 Å². The summed E-state index contributed by atoms with van der Waals surface area (Å²) in [5, 5.41) is 3.75. The van der Waals surface area contributed by atoms with Gasteiger partial charge in [0.15, 0.2) is 0 Å². The van der Waals surface area contributed by atoms with Crippen LogP contribution in [-0.4, -0.2) is 31.7 Å². The van der Waals surface area contributed by atoms with Gasteiger partial charge in [-0.05, 0) is 0 Å². The number of hydrogen-bond acceptors (Lipinski definition) is 8. The molecule has 0 unspecified atom stereocenters. The van der Waals surface area contributed by atoms with Gasteiger partial charge in [-0.1, -0.05) is 21.1 Å². The minimum atomic E-state index is -1.03. The maximum atomic E-state index is 11.0. The molecule has 0 saturated carbocycles. The lowest BCUT2D eigenvalue weighted by molar-refractivity contribution is 0.0992. The van der Waals surface area contributed by atoms with Crippen molar-refractivity contribution in [2.45, 2.75) is 5.33 Å². The minimum Gasteiger partial charge on any atom is -0.437 e. The van der Waals surface area contributed by atoms with E-state index in [0.29, 0.717) is 0 Å². The van der Waals surface area contributed by atoms with E-state index in [2.05, 4.69) is 39.8 Å². The van der Waals surface area contributed by atoms with Crippen molar-refractivity contribution >= 4 is 28.2 Å². The van der Waals surface area contributed by atoms with Crippen molar-refractivity contribution in [3.63, 3.8) is 0 Å². The molecule has 0 N–H and O–H groups in total. The van der Waals surface area contributed by atoms with E-state index in [0.717, 1.165) is 14.2 Å². The topological polar surface area (TPSA) is 97.1 Å². The first-order chi connectivity index (χ1) is 8.12. The summed E-state index contributed by atoms with van der Waals surface area (Å²) < 4.78 is 22.5. The molecule has 0 spiro atoms. The largest absolute Gasteiger partial charge is 0.516 e. The highest BCUT2D eigenvalue weighted by Gasteiger charge is 2.24. The van der Waals surface area contributed by atoms with Crippen molar-refractivity contribution in [3.05, 3.63) is 5.69 Å². The van der Waals surface area contributed by atoms with Crippen molar-refractivity contribution in [2.24, 2.45) is 0 Å². The number of alkyl halides is 1. The van der Waals surface area contributed by atoms with Crippen molar-refractivity contribution in [3.8, 4) is 11.7 Å². The van der Waals surface area contributed by atoms with Crippen molar-refractivity contribution in [1.29, 1.82) is 0 Å². The van der Waals surface area contributed by atoms with E-state index in [9.17, 15) is 9.59 Å². The van der Waals surface area contributed by atoms with Gasteiger partial charge in [0.25, 0.3) is 0 Å².